The number of nitrogens with zero attached hydrogens (tertiary/aromatic N) is 1. The number of likely N-dealkylation sites (N-methyl/N-ethyl adjacent to an activating group) is 1. The fourth-order valence-electron chi connectivity index (χ4n) is 2.93. The van der Waals surface area contributed by atoms with E-state index in [9.17, 15) is 13.2 Å². The molecule has 1 fully saturated rings. The molecule has 0 radical (unpaired) electrons. The number of ether oxygens (including phenoxy) is 1. The Morgan fingerprint density at radius 3 is 2.71 bits per heavy atom. The molecule has 8 heteroatoms. The number of sulfone groups is 1. The molecule has 0 saturated carbocycles. The van der Waals surface area contributed by atoms with Gasteiger partial charge in [-0.15, -0.1) is 0 Å². The molecule has 1 aromatic rings. The van der Waals surface area contributed by atoms with E-state index in [0.717, 1.165) is 0 Å². The highest BCUT2D eigenvalue weighted by molar-refractivity contribution is 7.91. The lowest BCUT2D eigenvalue weighted by molar-refractivity contribution is -0.133. The van der Waals surface area contributed by atoms with Crippen LogP contribution >= 0.6 is 11.6 Å². The van der Waals surface area contributed by atoms with Crippen LogP contribution < -0.4 is 10.1 Å². The first-order valence-electron chi connectivity index (χ1n) is 7.88. The molecule has 0 spiro atoms. The third-order valence-electron chi connectivity index (χ3n) is 4.18. The van der Waals surface area contributed by atoms with Crippen LogP contribution in [0.25, 0.3) is 0 Å². The number of anilines is 1. The number of hydrogen-bond acceptors (Lipinski definition) is 5. The number of methoxy groups -OCH3 is 1. The van der Waals surface area contributed by atoms with Gasteiger partial charge in [0.25, 0.3) is 0 Å². The minimum atomic E-state index is -3.03. The summed E-state index contributed by atoms with van der Waals surface area (Å²) in [6.45, 7) is 4.10. The maximum Gasteiger partial charge on any atom is 0.245 e. The molecule has 134 valence electrons. The van der Waals surface area contributed by atoms with Gasteiger partial charge in [-0.1, -0.05) is 11.6 Å². The maximum absolute atomic E-state index is 12.7. The average Bonchev–Trinajstić information content (AvgIpc) is 2.88. The Morgan fingerprint density at radius 1 is 1.50 bits per heavy atom. The van der Waals surface area contributed by atoms with E-state index in [0.29, 0.717) is 29.4 Å². The van der Waals surface area contributed by atoms with Gasteiger partial charge < -0.3 is 15.0 Å². The van der Waals surface area contributed by atoms with Gasteiger partial charge in [0.05, 0.1) is 23.6 Å². The molecule has 1 N–H and O–H groups in total. The smallest absolute Gasteiger partial charge is 0.245 e. The molecular formula is C16H23ClN2O4S. The third kappa shape index (κ3) is 4.33. The fourth-order valence-corrected chi connectivity index (χ4v) is 4.92. The van der Waals surface area contributed by atoms with E-state index in [2.05, 4.69) is 5.32 Å². The molecule has 1 aliphatic heterocycles. The maximum atomic E-state index is 12.7. The van der Waals surface area contributed by atoms with Crippen LogP contribution in [0.15, 0.2) is 18.2 Å². The van der Waals surface area contributed by atoms with E-state index in [1.54, 1.807) is 30.0 Å². The average molecular weight is 375 g/mol. The van der Waals surface area contributed by atoms with Crippen molar-refractivity contribution in [2.24, 2.45) is 0 Å². The minimum absolute atomic E-state index is 0.0493. The number of amides is 1. The zero-order chi connectivity index (χ0) is 17.9. The van der Waals surface area contributed by atoms with Crippen LogP contribution in [0, 0.1) is 0 Å². The molecule has 6 nitrogen and oxygen atoms in total. The predicted molar refractivity (Wildman–Crippen MR) is 95.5 cm³/mol. The predicted octanol–water partition coefficient (Wildman–Crippen LogP) is 2.18. The van der Waals surface area contributed by atoms with Crippen molar-refractivity contribution in [1.29, 1.82) is 0 Å². The van der Waals surface area contributed by atoms with E-state index in [4.69, 9.17) is 16.3 Å². The Bertz CT molecular complexity index is 708. The lowest BCUT2D eigenvalue weighted by Crippen LogP contribution is -2.47. The number of benzene rings is 1. The van der Waals surface area contributed by atoms with E-state index in [-0.39, 0.29) is 23.5 Å². The van der Waals surface area contributed by atoms with E-state index in [1.165, 1.54) is 7.11 Å². The molecule has 1 amide bonds. The van der Waals surface area contributed by atoms with Gasteiger partial charge in [-0.2, -0.15) is 0 Å². The molecule has 1 saturated heterocycles. The Hall–Kier alpha value is -1.47. The third-order valence-corrected chi connectivity index (χ3v) is 6.22. The normalized spacial score (nSPS) is 20.4. The first-order valence-corrected chi connectivity index (χ1v) is 10.1. The number of rotatable bonds is 6. The first-order chi connectivity index (χ1) is 11.3. The van der Waals surface area contributed by atoms with Crippen LogP contribution in [0.5, 0.6) is 5.75 Å². The van der Waals surface area contributed by atoms with Crippen LogP contribution in [0.3, 0.4) is 0 Å². The molecule has 0 bridgehead atoms. The lowest BCUT2D eigenvalue weighted by atomic mass is 10.1. The van der Waals surface area contributed by atoms with Gasteiger partial charge in [0.2, 0.25) is 5.91 Å². The van der Waals surface area contributed by atoms with E-state index >= 15 is 0 Å². The van der Waals surface area contributed by atoms with Crippen LogP contribution in [-0.2, 0) is 14.6 Å². The summed E-state index contributed by atoms with van der Waals surface area (Å²) in [5.74, 6) is 0.643. The lowest BCUT2D eigenvalue weighted by Gasteiger charge is -2.30. The molecule has 0 aliphatic carbocycles. The summed E-state index contributed by atoms with van der Waals surface area (Å²) in [5, 5.41) is 3.57. The second kappa shape index (κ2) is 7.61. The highest BCUT2D eigenvalue weighted by atomic mass is 35.5. The number of halogens is 1. The van der Waals surface area contributed by atoms with Crippen molar-refractivity contribution >= 4 is 33.0 Å². The van der Waals surface area contributed by atoms with Crippen LogP contribution in [-0.4, -0.2) is 56.5 Å². The van der Waals surface area contributed by atoms with Crippen molar-refractivity contribution in [2.75, 3.05) is 30.5 Å². The number of carbonyl (C=O) groups is 1. The van der Waals surface area contributed by atoms with Crippen molar-refractivity contribution in [3.63, 3.8) is 0 Å². The Morgan fingerprint density at radius 2 is 2.21 bits per heavy atom. The number of nitrogens with one attached hydrogen (secondary N) is 1. The zero-order valence-corrected chi connectivity index (χ0v) is 15.7. The molecule has 1 heterocycles. The van der Waals surface area contributed by atoms with Crippen LogP contribution in [0.2, 0.25) is 5.02 Å². The fraction of sp³-hybridized carbons (Fsp3) is 0.562. The van der Waals surface area contributed by atoms with Gasteiger partial charge in [0.15, 0.2) is 9.84 Å². The summed E-state index contributed by atoms with van der Waals surface area (Å²) in [7, 11) is -1.49. The topological polar surface area (TPSA) is 75.7 Å². The summed E-state index contributed by atoms with van der Waals surface area (Å²) in [5.41, 5.74) is 0.705. The summed E-state index contributed by atoms with van der Waals surface area (Å²) in [6, 6.07) is 4.47. The molecule has 24 heavy (non-hydrogen) atoms. The van der Waals surface area contributed by atoms with E-state index < -0.39 is 15.9 Å². The number of hydrogen-bond donors (Lipinski definition) is 1. The van der Waals surface area contributed by atoms with Gasteiger partial charge in [0, 0.05) is 18.3 Å². The second-order valence-corrected chi connectivity index (χ2v) is 8.53. The molecule has 1 aliphatic rings. The summed E-state index contributed by atoms with van der Waals surface area (Å²) in [6.07, 6.45) is 0.503. The molecule has 1 aromatic carbocycles. The second-order valence-electron chi connectivity index (χ2n) is 5.90. The van der Waals surface area contributed by atoms with Crippen LogP contribution in [0.4, 0.5) is 5.69 Å². The highest BCUT2D eigenvalue weighted by Crippen LogP contribution is 2.27. The standard InChI is InChI=1S/C16H23ClN2O4S/c1-4-19(13-7-8-24(21,22)10-13)16(20)11(2)18-12-5-6-15(23-3)14(17)9-12/h5-6,9,11,13,18H,4,7-8,10H2,1-3H3/t11-,13-/m1/s1. The number of carbonyl (C=O) groups excluding carboxylic acids is 1. The van der Waals surface area contributed by atoms with E-state index in [1.807, 2.05) is 6.92 Å². The monoisotopic (exact) mass is 374 g/mol. The molecular weight excluding hydrogens is 352 g/mol. The molecule has 0 unspecified atom stereocenters. The van der Waals surface area contributed by atoms with Crippen molar-refractivity contribution in [3.8, 4) is 5.75 Å². The van der Waals surface area contributed by atoms with Crippen molar-refractivity contribution in [3.05, 3.63) is 23.2 Å². The Balaban J connectivity index is 2.06. The van der Waals surface area contributed by atoms with Crippen molar-refractivity contribution in [2.45, 2.75) is 32.4 Å². The largest absolute Gasteiger partial charge is 0.495 e. The van der Waals surface area contributed by atoms with Crippen molar-refractivity contribution in [1.82, 2.24) is 4.90 Å². The first kappa shape index (κ1) is 18.9. The van der Waals surface area contributed by atoms with Crippen LogP contribution in [0.1, 0.15) is 20.3 Å². The SMILES string of the molecule is CCN(C(=O)[C@@H](C)Nc1ccc(OC)c(Cl)c1)[C@@H]1CCS(=O)(=O)C1. The van der Waals surface area contributed by atoms with Crippen molar-refractivity contribution < 1.29 is 17.9 Å². The summed E-state index contributed by atoms with van der Waals surface area (Å²) < 4.78 is 28.4. The van der Waals surface area contributed by atoms with Gasteiger partial charge >= 0.3 is 0 Å². The van der Waals surface area contributed by atoms with Gasteiger partial charge in [-0.3, -0.25) is 4.79 Å². The molecule has 2 atom stereocenters. The summed E-state index contributed by atoms with van der Waals surface area (Å²) >= 11 is 6.09. The Labute approximate surface area is 148 Å². The van der Waals surface area contributed by atoms with Gasteiger partial charge in [0.1, 0.15) is 11.8 Å². The zero-order valence-electron chi connectivity index (χ0n) is 14.1. The summed E-state index contributed by atoms with van der Waals surface area (Å²) in [4.78, 5) is 14.3. The quantitative estimate of drug-likeness (QED) is 0.826. The minimum Gasteiger partial charge on any atom is -0.495 e. The Kier molecular flexibility index (Phi) is 5.98. The van der Waals surface area contributed by atoms with Gasteiger partial charge in [-0.05, 0) is 38.5 Å². The highest BCUT2D eigenvalue weighted by Gasteiger charge is 2.35. The molecule has 0 aromatic heterocycles. The molecule has 2 rings (SSSR count). The van der Waals surface area contributed by atoms with Gasteiger partial charge in [-0.25, -0.2) is 8.42 Å².